The molecule has 1 N–H and O–H groups in total. The van der Waals surface area contributed by atoms with E-state index in [1.54, 1.807) is 41.6 Å². The molecule has 2 rings (SSSR count). The van der Waals surface area contributed by atoms with Crippen LogP contribution in [0.15, 0.2) is 48.8 Å². The van der Waals surface area contributed by atoms with E-state index in [2.05, 4.69) is 10.3 Å². The van der Waals surface area contributed by atoms with E-state index in [-0.39, 0.29) is 12.2 Å². The summed E-state index contributed by atoms with van der Waals surface area (Å²) in [5.74, 6) is -0.384. The van der Waals surface area contributed by atoms with Crippen LogP contribution in [0.2, 0.25) is 0 Å². The van der Waals surface area contributed by atoms with Gasteiger partial charge in [0.25, 0.3) is 0 Å². The lowest BCUT2D eigenvalue weighted by molar-refractivity contribution is 0.626. The van der Waals surface area contributed by atoms with Crippen LogP contribution in [-0.2, 0) is 0 Å². The highest BCUT2D eigenvalue weighted by atomic mass is 32.1. The maximum atomic E-state index is 13.9. The van der Waals surface area contributed by atoms with Gasteiger partial charge in [0.05, 0.1) is 30.1 Å². The quantitative estimate of drug-likeness (QED) is 0.878. The van der Waals surface area contributed by atoms with E-state index < -0.39 is 0 Å². The van der Waals surface area contributed by atoms with Gasteiger partial charge < -0.3 is 10.2 Å². The van der Waals surface area contributed by atoms with Crippen molar-refractivity contribution in [3.63, 3.8) is 0 Å². The van der Waals surface area contributed by atoms with Gasteiger partial charge in [0, 0.05) is 12.7 Å². The van der Waals surface area contributed by atoms with Crippen LogP contribution in [0.3, 0.4) is 0 Å². The lowest BCUT2D eigenvalue weighted by Crippen LogP contribution is -2.36. The summed E-state index contributed by atoms with van der Waals surface area (Å²) >= 11 is 5.32. The SMILES string of the molecule is N#CCCN(C(=S)Nc1cccnc1)c1ccccc1F. The summed E-state index contributed by atoms with van der Waals surface area (Å²) in [6.45, 7) is 0.309. The second-order valence-electron chi connectivity index (χ2n) is 4.18. The first-order valence-electron chi connectivity index (χ1n) is 6.32. The summed E-state index contributed by atoms with van der Waals surface area (Å²) in [6, 6.07) is 12.0. The molecule has 0 bridgehead atoms. The number of anilines is 2. The summed E-state index contributed by atoms with van der Waals surface area (Å²) in [4.78, 5) is 5.55. The zero-order valence-electron chi connectivity index (χ0n) is 11.2. The van der Waals surface area contributed by atoms with Crippen LogP contribution in [0.1, 0.15) is 6.42 Å². The maximum Gasteiger partial charge on any atom is 0.178 e. The molecular formula is C15H13FN4S. The van der Waals surface area contributed by atoms with Gasteiger partial charge in [-0.15, -0.1) is 0 Å². The monoisotopic (exact) mass is 300 g/mol. The van der Waals surface area contributed by atoms with Crippen molar-refractivity contribution in [3.8, 4) is 6.07 Å². The third-order valence-corrected chi connectivity index (χ3v) is 3.07. The minimum absolute atomic E-state index is 0.239. The van der Waals surface area contributed by atoms with Gasteiger partial charge in [-0.25, -0.2) is 4.39 Å². The molecule has 2 aromatic rings. The molecule has 0 aliphatic heterocycles. The Morgan fingerprint density at radius 3 is 2.81 bits per heavy atom. The molecule has 0 unspecified atom stereocenters. The molecule has 4 nitrogen and oxygen atoms in total. The first kappa shape index (κ1) is 14.9. The number of nitriles is 1. The number of hydrogen-bond acceptors (Lipinski definition) is 3. The maximum absolute atomic E-state index is 13.9. The van der Waals surface area contributed by atoms with Crippen molar-refractivity contribution in [2.45, 2.75) is 6.42 Å². The summed E-state index contributed by atoms with van der Waals surface area (Å²) < 4.78 is 13.9. The number of nitrogens with zero attached hydrogens (tertiary/aromatic N) is 3. The molecule has 1 heterocycles. The predicted octanol–water partition coefficient (Wildman–Crippen LogP) is 3.34. The van der Waals surface area contributed by atoms with Gasteiger partial charge in [0.15, 0.2) is 5.11 Å². The first-order valence-corrected chi connectivity index (χ1v) is 6.73. The van der Waals surface area contributed by atoms with E-state index >= 15 is 0 Å². The van der Waals surface area contributed by atoms with E-state index in [9.17, 15) is 4.39 Å². The molecule has 1 aromatic carbocycles. The van der Waals surface area contributed by atoms with Crippen molar-refractivity contribution in [1.82, 2.24) is 4.98 Å². The third kappa shape index (κ3) is 3.97. The number of pyridine rings is 1. The summed E-state index contributed by atoms with van der Waals surface area (Å²) in [7, 11) is 0. The van der Waals surface area contributed by atoms with Crippen LogP contribution in [0.5, 0.6) is 0 Å². The summed E-state index contributed by atoms with van der Waals surface area (Å²) in [5.41, 5.74) is 1.05. The molecule has 0 atom stereocenters. The van der Waals surface area contributed by atoms with Crippen LogP contribution in [0.4, 0.5) is 15.8 Å². The van der Waals surface area contributed by atoms with Crippen molar-refractivity contribution in [1.29, 1.82) is 5.26 Å². The summed E-state index contributed by atoms with van der Waals surface area (Å²) in [5, 5.41) is 12.1. The number of rotatable bonds is 4. The molecule has 6 heteroatoms. The Balaban J connectivity index is 2.22. The standard InChI is InChI=1S/C15H13FN4S/c16-13-6-1-2-7-14(13)20(10-4-8-17)15(21)19-12-5-3-9-18-11-12/h1-3,5-7,9,11H,4,10H2,(H,19,21). The second-order valence-corrected chi connectivity index (χ2v) is 4.57. The average molecular weight is 300 g/mol. The molecular weight excluding hydrogens is 287 g/mol. The Bertz CT molecular complexity index is 654. The van der Waals surface area contributed by atoms with E-state index in [1.807, 2.05) is 12.1 Å². The Labute approximate surface area is 127 Å². The molecule has 0 spiro atoms. The smallest absolute Gasteiger partial charge is 0.178 e. The van der Waals surface area contributed by atoms with Gasteiger partial charge >= 0.3 is 0 Å². The van der Waals surface area contributed by atoms with Crippen molar-refractivity contribution in [3.05, 3.63) is 54.6 Å². The van der Waals surface area contributed by atoms with Gasteiger partial charge in [0.1, 0.15) is 5.82 Å². The molecule has 0 fully saturated rings. The number of halogens is 1. The van der Waals surface area contributed by atoms with Crippen LogP contribution >= 0.6 is 12.2 Å². The fraction of sp³-hybridized carbons (Fsp3) is 0.133. The third-order valence-electron chi connectivity index (χ3n) is 2.75. The highest BCUT2D eigenvalue weighted by Crippen LogP contribution is 2.20. The molecule has 21 heavy (non-hydrogen) atoms. The second kappa shape index (κ2) is 7.31. The first-order chi connectivity index (χ1) is 10.2. The van der Waals surface area contributed by atoms with E-state index in [1.165, 1.54) is 6.07 Å². The number of benzene rings is 1. The number of hydrogen-bond donors (Lipinski definition) is 1. The zero-order chi connectivity index (χ0) is 15.1. The predicted molar refractivity (Wildman–Crippen MR) is 84.4 cm³/mol. The van der Waals surface area contributed by atoms with E-state index in [0.717, 1.165) is 0 Å². The zero-order valence-corrected chi connectivity index (χ0v) is 12.0. The van der Waals surface area contributed by atoms with Gasteiger partial charge in [-0.3, -0.25) is 4.98 Å². The largest absolute Gasteiger partial charge is 0.331 e. The topological polar surface area (TPSA) is 52.0 Å². The van der Waals surface area contributed by atoms with Gasteiger partial charge in [0.2, 0.25) is 0 Å². The Kier molecular flexibility index (Phi) is 5.18. The molecule has 106 valence electrons. The molecule has 0 saturated carbocycles. The van der Waals surface area contributed by atoms with Gasteiger partial charge in [-0.2, -0.15) is 5.26 Å². The number of aromatic nitrogens is 1. The Hall–Kier alpha value is -2.52. The number of thiocarbonyl (C=S) groups is 1. The van der Waals surface area contributed by atoms with Gasteiger partial charge in [-0.1, -0.05) is 12.1 Å². The fourth-order valence-electron chi connectivity index (χ4n) is 1.79. The molecule has 0 aliphatic rings. The minimum Gasteiger partial charge on any atom is -0.331 e. The molecule has 0 aliphatic carbocycles. The van der Waals surface area contributed by atoms with Crippen LogP contribution in [0, 0.1) is 17.1 Å². The Morgan fingerprint density at radius 2 is 2.14 bits per heavy atom. The minimum atomic E-state index is -0.384. The normalized spacial score (nSPS) is 9.71. The van der Waals surface area contributed by atoms with Crippen LogP contribution in [0.25, 0.3) is 0 Å². The van der Waals surface area contributed by atoms with Crippen molar-refractivity contribution in [2.75, 3.05) is 16.8 Å². The van der Waals surface area contributed by atoms with Gasteiger partial charge in [-0.05, 0) is 36.5 Å². The molecule has 1 aromatic heterocycles. The van der Waals surface area contributed by atoms with Crippen LogP contribution < -0.4 is 10.2 Å². The van der Waals surface area contributed by atoms with E-state index in [4.69, 9.17) is 17.5 Å². The molecule has 0 amide bonds. The highest BCUT2D eigenvalue weighted by Gasteiger charge is 2.15. The summed E-state index contributed by atoms with van der Waals surface area (Å²) in [6.07, 6.45) is 3.51. The number of nitrogens with one attached hydrogen (secondary N) is 1. The van der Waals surface area contributed by atoms with Crippen molar-refractivity contribution < 1.29 is 4.39 Å². The van der Waals surface area contributed by atoms with Crippen LogP contribution in [-0.4, -0.2) is 16.6 Å². The average Bonchev–Trinajstić information content (AvgIpc) is 2.50. The van der Waals surface area contributed by atoms with Crippen molar-refractivity contribution >= 4 is 28.7 Å². The fourth-order valence-corrected chi connectivity index (χ4v) is 2.10. The Morgan fingerprint density at radius 1 is 1.33 bits per heavy atom. The lowest BCUT2D eigenvalue weighted by Gasteiger charge is -2.25. The number of para-hydroxylation sites is 1. The van der Waals surface area contributed by atoms with Crippen molar-refractivity contribution in [2.24, 2.45) is 0 Å². The van der Waals surface area contributed by atoms with E-state index in [0.29, 0.717) is 23.0 Å². The molecule has 0 radical (unpaired) electrons. The molecule has 0 saturated heterocycles. The highest BCUT2D eigenvalue weighted by molar-refractivity contribution is 7.80. The lowest BCUT2D eigenvalue weighted by atomic mass is 10.2.